The minimum Gasteiger partial charge on any atom is -0.497 e. The molecule has 2 heterocycles. The van der Waals surface area contributed by atoms with E-state index in [0.717, 1.165) is 12.1 Å². The van der Waals surface area contributed by atoms with Gasteiger partial charge in [-0.25, -0.2) is 14.8 Å². The van der Waals surface area contributed by atoms with Gasteiger partial charge in [0, 0.05) is 18.7 Å². The number of nitrogens with zero attached hydrogens (tertiary/aromatic N) is 3. The third kappa shape index (κ3) is 3.57. The van der Waals surface area contributed by atoms with Crippen LogP contribution in [0, 0.1) is 0 Å². The van der Waals surface area contributed by atoms with Crippen molar-refractivity contribution in [1.29, 1.82) is 0 Å². The Morgan fingerprint density at radius 1 is 1.28 bits per heavy atom. The number of carboxylic acid groups (broad SMARTS) is 1. The number of rotatable bonds is 6. The molecule has 8 heteroatoms. The molecule has 25 heavy (non-hydrogen) atoms. The quantitative estimate of drug-likeness (QED) is 0.824. The fraction of sp³-hybridized carbons (Fsp3) is 0.353. The van der Waals surface area contributed by atoms with Crippen LogP contribution in [-0.2, 0) is 4.79 Å². The van der Waals surface area contributed by atoms with Crippen LogP contribution in [0.2, 0.25) is 0 Å². The predicted octanol–water partition coefficient (Wildman–Crippen LogP) is 2.29. The molecule has 0 radical (unpaired) electrons. The Bertz CT molecular complexity index is 768. The topological polar surface area (TPSA) is 96.8 Å². The fourth-order valence-electron chi connectivity index (χ4n) is 2.91. The van der Waals surface area contributed by atoms with Gasteiger partial charge in [0.1, 0.15) is 35.5 Å². The number of methoxy groups -OCH3 is 2. The number of anilines is 3. The van der Waals surface area contributed by atoms with E-state index in [1.54, 1.807) is 31.3 Å². The van der Waals surface area contributed by atoms with Gasteiger partial charge in [-0.3, -0.25) is 0 Å². The van der Waals surface area contributed by atoms with Gasteiger partial charge in [-0.05, 0) is 25.0 Å². The van der Waals surface area contributed by atoms with Crippen molar-refractivity contribution in [3.05, 3.63) is 30.6 Å². The van der Waals surface area contributed by atoms with Crippen molar-refractivity contribution in [2.75, 3.05) is 31.0 Å². The van der Waals surface area contributed by atoms with Crippen molar-refractivity contribution in [3.8, 4) is 11.5 Å². The number of aromatic nitrogens is 2. The normalized spacial score (nSPS) is 16.6. The number of ether oxygens (including phenoxy) is 2. The van der Waals surface area contributed by atoms with Gasteiger partial charge < -0.3 is 24.8 Å². The zero-order valence-electron chi connectivity index (χ0n) is 14.1. The summed E-state index contributed by atoms with van der Waals surface area (Å²) in [5.41, 5.74) is 0.726. The van der Waals surface area contributed by atoms with Gasteiger partial charge in [0.2, 0.25) is 0 Å². The van der Waals surface area contributed by atoms with Gasteiger partial charge >= 0.3 is 5.97 Å². The third-order valence-electron chi connectivity index (χ3n) is 4.16. The highest BCUT2D eigenvalue weighted by Gasteiger charge is 2.31. The second-order valence-electron chi connectivity index (χ2n) is 5.64. The van der Waals surface area contributed by atoms with E-state index in [4.69, 9.17) is 9.47 Å². The average molecular weight is 344 g/mol. The van der Waals surface area contributed by atoms with E-state index in [0.29, 0.717) is 36.1 Å². The van der Waals surface area contributed by atoms with E-state index in [2.05, 4.69) is 15.3 Å². The van der Waals surface area contributed by atoms with Crippen LogP contribution in [0.3, 0.4) is 0 Å². The first-order valence-electron chi connectivity index (χ1n) is 7.93. The molecule has 1 saturated heterocycles. The van der Waals surface area contributed by atoms with Gasteiger partial charge in [0.25, 0.3) is 0 Å². The molecule has 1 aliphatic rings. The lowest BCUT2D eigenvalue weighted by Crippen LogP contribution is -2.36. The summed E-state index contributed by atoms with van der Waals surface area (Å²) in [6.45, 7) is 0.666. The Labute approximate surface area is 145 Å². The van der Waals surface area contributed by atoms with Crippen LogP contribution in [-0.4, -0.2) is 47.8 Å². The molecular weight excluding hydrogens is 324 g/mol. The standard InChI is InChI=1S/C17H20N4O4/c1-24-11-5-6-12(14(8-11)25-2)20-15-9-16(19-10-18-15)21-7-3-4-13(21)17(22)23/h5-6,8-10,13H,3-4,7H2,1-2H3,(H,22,23)(H,18,19,20)/t13-/m1/s1. The molecule has 1 aliphatic heterocycles. The van der Waals surface area contributed by atoms with Gasteiger partial charge in [0.05, 0.1) is 19.9 Å². The van der Waals surface area contributed by atoms with Crippen LogP contribution in [0.25, 0.3) is 0 Å². The lowest BCUT2D eigenvalue weighted by molar-refractivity contribution is -0.138. The lowest BCUT2D eigenvalue weighted by atomic mass is 10.2. The SMILES string of the molecule is COc1ccc(Nc2cc(N3CCC[C@@H]3C(=O)O)ncn2)c(OC)c1. The second-order valence-corrected chi connectivity index (χ2v) is 5.64. The molecule has 8 nitrogen and oxygen atoms in total. The summed E-state index contributed by atoms with van der Waals surface area (Å²) in [6, 6.07) is 6.61. The van der Waals surface area contributed by atoms with Gasteiger partial charge in [-0.2, -0.15) is 0 Å². The monoisotopic (exact) mass is 344 g/mol. The third-order valence-corrected chi connectivity index (χ3v) is 4.16. The summed E-state index contributed by atoms with van der Waals surface area (Å²) in [6.07, 6.45) is 2.87. The molecule has 3 rings (SSSR count). The Balaban J connectivity index is 1.84. The highest BCUT2D eigenvalue weighted by Crippen LogP contribution is 2.32. The van der Waals surface area contributed by atoms with E-state index in [-0.39, 0.29) is 0 Å². The average Bonchev–Trinajstić information content (AvgIpc) is 3.12. The molecule has 2 N–H and O–H groups in total. The van der Waals surface area contributed by atoms with Crippen molar-refractivity contribution in [2.24, 2.45) is 0 Å². The minimum atomic E-state index is -0.831. The fourth-order valence-corrected chi connectivity index (χ4v) is 2.91. The number of hydrogen-bond donors (Lipinski definition) is 2. The Kier molecular flexibility index (Phi) is 4.87. The number of nitrogens with one attached hydrogen (secondary N) is 1. The van der Waals surface area contributed by atoms with Crippen molar-refractivity contribution in [3.63, 3.8) is 0 Å². The van der Waals surface area contributed by atoms with E-state index in [1.165, 1.54) is 6.33 Å². The van der Waals surface area contributed by atoms with Crippen LogP contribution in [0.5, 0.6) is 11.5 Å². The molecule has 1 aromatic heterocycles. The molecule has 0 unspecified atom stereocenters. The molecule has 1 fully saturated rings. The second kappa shape index (κ2) is 7.25. The number of carboxylic acids is 1. The maximum atomic E-state index is 11.4. The molecule has 0 saturated carbocycles. The summed E-state index contributed by atoms with van der Waals surface area (Å²) in [4.78, 5) is 21.6. The molecule has 0 spiro atoms. The zero-order chi connectivity index (χ0) is 17.8. The molecule has 132 valence electrons. The maximum absolute atomic E-state index is 11.4. The first kappa shape index (κ1) is 16.8. The molecule has 2 aromatic rings. The number of aliphatic carboxylic acids is 1. The molecule has 1 atom stereocenters. The number of carbonyl (C=O) groups is 1. The highest BCUT2D eigenvalue weighted by molar-refractivity contribution is 5.79. The van der Waals surface area contributed by atoms with Crippen molar-refractivity contribution < 1.29 is 19.4 Å². The smallest absolute Gasteiger partial charge is 0.326 e. The van der Waals surface area contributed by atoms with Crippen molar-refractivity contribution in [1.82, 2.24) is 9.97 Å². The molecule has 1 aromatic carbocycles. The molecule has 0 aliphatic carbocycles. The summed E-state index contributed by atoms with van der Waals surface area (Å²) in [5.74, 6) is 1.62. The summed E-state index contributed by atoms with van der Waals surface area (Å²) in [7, 11) is 3.17. The maximum Gasteiger partial charge on any atom is 0.326 e. The van der Waals surface area contributed by atoms with Gasteiger partial charge in [-0.15, -0.1) is 0 Å². The summed E-state index contributed by atoms with van der Waals surface area (Å²) in [5, 5.41) is 12.5. The van der Waals surface area contributed by atoms with Crippen LogP contribution in [0.1, 0.15) is 12.8 Å². The summed E-state index contributed by atoms with van der Waals surface area (Å²) < 4.78 is 10.6. The van der Waals surface area contributed by atoms with Gasteiger partial charge in [-0.1, -0.05) is 0 Å². The van der Waals surface area contributed by atoms with E-state index in [1.807, 2.05) is 12.1 Å². The molecular formula is C17H20N4O4. The highest BCUT2D eigenvalue weighted by atomic mass is 16.5. The minimum absolute atomic E-state index is 0.543. The van der Waals surface area contributed by atoms with Crippen LogP contribution in [0.15, 0.2) is 30.6 Å². The Morgan fingerprint density at radius 3 is 2.84 bits per heavy atom. The van der Waals surface area contributed by atoms with Crippen molar-refractivity contribution >= 4 is 23.3 Å². The molecule has 0 amide bonds. The Morgan fingerprint density at radius 2 is 2.12 bits per heavy atom. The van der Waals surface area contributed by atoms with E-state index >= 15 is 0 Å². The first-order valence-corrected chi connectivity index (χ1v) is 7.93. The Hall–Kier alpha value is -3.03. The number of hydrogen-bond acceptors (Lipinski definition) is 7. The van der Waals surface area contributed by atoms with Crippen LogP contribution in [0.4, 0.5) is 17.3 Å². The zero-order valence-corrected chi connectivity index (χ0v) is 14.1. The molecule has 0 bridgehead atoms. The number of benzene rings is 1. The lowest BCUT2D eigenvalue weighted by Gasteiger charge is -2.22. The van der Waals surface area contributed by atoms with Gasteiger partial charge in [0.15, 0.2) is 0 Å². The van der Waals surface area contributed by atoms with E-state index < -0.39 is 12.0 Å². The van der Waals surface area contributed by atoms with Crippen LogP contribution >= 0.6 is 0 Å². The van der Waals surface area contributed by atoms with Crippen molar-refractivity contribution in [2.45, 2.75) is 18.9 Å². The first-order chi connectivity index (χ1) is 12.1. The van der Waals surface area contributed by atoms with Crippen LogP contribution < -0.4 is 19.7 Å². The van der Waals surface area contributed by atoms with E-state index in [9.17, 15) is 9.90 Å². The summed E-state index contributed by atoms with van der Waals surface area (Å²) >= 11 is 0. The predicted molar refractivity (Wildman–Crippen MR) is 92.9 cm³/mol. The largest absolute Gasteiger partial charge is 0.497 e.